The van der Waals surface area contributed by atoms with Crippen LogP contribution in [0.2, 0.25) is 0 Å². The van der Waals surface area contributed by atoms with Gasteiger partial charge in [0.1, 0.15) is 17.5 Å². The van der Waals surface area contributed by atoms with Crippen molar-refractivity contribution in [2.75, 3.05) is 0 Å². The number of ether oxygens (including phenoxy) is 1. The van der Waals surface area contributed by atoms with Crippen LogP contribution in [0.25, 0.3) is 0 Å². The third-order valence-corrected chi connectivity index (χ3v) is 3.48. The molecule has 1 unspecified atom stereocenters. The molecule has 1 aromatic rings. The zero-order valence-corrected chi connectivity index (χ0v) is 16.1. The van der Waals surface area contributed by atoms with Crippen LogP contribution in [0.4, 0.5) is 9.18 Å². The van der Waals surface area contributed by atoms with Crippen molar-refractivity contribution in [3.8, 4) is 0 Å². The van der Waals surface area contributed by atoms with Gasteiger partial charge in [-0.2, -0.15) is 0 Å². The molecule has 1 aromatic carbocycles. The quantitative estimate of drug-likeness (QED) is 0.870. The normalized spacial score (nSPS) is 12.9. The molecule has 6 heteroatoms. The van der Waals surface area contributed by atoms with Gasteiger partial charge in [0.05, 0.1) is 0 Å². The van der Waals surface area contributed by atoms with E-state index in [0.717, 1.165) is 0 Å². The van der Waals surface area contributed by atoms with Gasteiger partial charge in [0, 0.05) is 12.1 Å². The van der Waals surface area contributed by atoms with Crippen LogP contribution in [-0.4, -0.2) is 34.6 Å². The molecular weight excluding hydrogens is 323 g/mol. The molecule has 2 amide bonds. The van der Waals surface area contributed by atoms with Gasteiger partial charge in [-0.05, 0) is 66.2 Å². The van der Waals surface area contributed by atoms with E-state index < -0.39 is 23.6 Å². The van der Waals surface area contributed by atoms with Crippen molar-refractivity contribution in [2.24, 2.45) is 0 Å². The van der Waals surface area contributed by atoms with E-state index in [0.29, 0.717) is 5.56 Å². The summed E-state index contributed by atoms with van der Waals surface area (Å²) in [7, 11) is 0. The van der Waals surface area contributed by atoms with Gasteiger partial charge in [0.25, 0.3) is 0 Å². The lowest BCUT2D eigenvalue weighted by Gasteiger charge is -2.34. The Morgan fingerprint density at radius 1 is 1.04 bits per heavy atom. The number of rotatable bonds is 5. The molecule has 0 radical (unpaired) electrons. The third-order valence-electron chi connectivity index (χ3n) is 3.48. The van der Waals surface area contributed by atoms with E-state index in [-0.39, 0.29) is 18.0 Å². The molecule has 1 rings (SSSR count). The van der Waals surface area contributed by atoms with Crippen LogP contribution in [0, 0.1) is 5.82 Å². The fraction of sp³-hybridized carbons (Fsp3) is 0.579. The first-order valence-corrected chi connectivity index (χ1v) is 8.49. The van der Waals surface area contributed by atoms with Gasteiger partial charge in [-0.1, -0.05) is 12.1 Å². The van der Waals surface area contributed by atoms with E-state index in [1.165, 1.54) is 24.3 Å². The SMILES string of the molecule is CC(C)N(C(=O)C(NC(=O)OC(C)(C)C)c1ccc(F)cc1)C(C)C. The van der Waals surface area contributed by atoms with Crippen LogP contribution in [0.15, 0.2) is 24.3 Å². The van der Waals surface area contributed by atoms with E-state index >= 15 is 0 Å². The Labute approximate surface area is 149 Å². The number of nitrogens with one attached hydrogen (secondary N) is 1. The topological polar surface area (TPSA) is 58.6 Å². The summed E-state index contributed by atoms with van der Waals surface area (Å²) in [6.45, 7) is 12.9. The second-order valence-electron chi connectivity index (χ2n) is 7.56. The van der Waals surface area contributed by atoms with Crippen LogP contribution in [0.1, 0.15) is 60.1 Å². The van der Waals surface area contributed by atoms with Gasteiger partial charge < -0.3 is 15.0 Å². The fourth-order valence-corrected chi connectivity index (χ4v) is 2.62. The Balaban J connectivity index is 3.16. The van der Waals surface area contributed by atoms with Gasteiger partial charge in [-0.15, -0.1) is 0 Å². The molecule has 1 atom stereocenters. The zero-order valence-electron chi connectivity index (χ0n) is 16.1. The van der Waals surface area contributed by atoms with Gasteiger partial charge >= 0.3 is 6.09 Å². The molecule has 0 heterocycles. The summed E-state index contributed by atoms with van der Waals surface area (Å²) in [5, 5.41) is 2.62. The largest absolute Gasteiger partial charge is 0.444 e. The first-order chi connectivity index (χ1) is 11.4. The maximum absolute atomic E-state index is 13.2. The lowest BCUT2D eigenvalue weighted by atomic mass is 10.0. The fourth-order valence-electron chi connectivity index (χ4n) is 2.62. The number of benzene rings is 1. The van der Waals surface area contributed by atoms with E-state index in [9.17, 15) is 14.0 Å². The highest BCUT2D eigenvalue weighted by molar-refractivity contribution is 5.87. The Hall–Kier alpha value is -2.11. The third kappa shape index (κ3) is 6.36. The van der Waals surface area contributed by atoms with Gasteiger partial charge in [-0.25, -0.2) is 9.18 Å². The molecule has 0 bridgehead atoms. The maximum atomic E-state index is 13.2. The standard InChI is InChI=1S/C19H29FN2O3/c1-12(2)22(13(3)4)17(23)16(14-8-10-15(20)11-9-14)21-18(24)25-19(5,6)7/h8-13,16H,1-7H3,(H,21,24). The molecule has 0 saturated carbocycles. The van der Waals surface area contributed by atoms with Crippen LogP contribution in [-0.2, 0) is 9.53 Å². The number of nitrogens with zero attached hydrogens (tertiary/aromatic N) is 1. The molecule has 0 aromatic heterocycles. The summed E-state index contributed by atoms with van der Waals surface area (Å²) in [5.74, 6) is -0.667. The van der Waals surface area contributed by atoms with E-state index in [2.05, 4.69) is 5.32 Å². The predicted molar refractivity (Wildman–Crippen MR) is 95.6 cm³/mol. The van der Waals surface area contributed by atoms with Gasteiger partial charge in [-0.3, -0.25) is 4.79 Å². The van der Waals surface area contributed by atoms with Crippen LogP contribution in [0.5, 0.6) is 0 Å². The van der Waals surface area contributed by atoms with Crippen LogP contribution in [0.3, 0.4) is 0 Å². The number of alkyl carbamates (subject to hydrolysis) is 1. The Kier molecular flexibility index (Phi) is 6.96. The molecule has 1 N–H and O–H groups in total. The van der Waals surface area contributed by atoms with Crippen molar-refractivity contribution in [2.45, 2.75) is 72.2 Å². The number of hydrogen-bond acceptors (Lipinski definition) is 3. The Morgan fingerprint density at radius 2 is 1.52 bits per heavy atom. The van der Waals surface area contributed by atoms with Crippen molar-refractivity contribution in [1.29, 1.82) is 0 Å². The van der Waals surface area contributed by atoms with E-state index in [1.54, 1.807) is 25.7 Å². The summed E-state index contributed by atoms with van der Waals surface area (Å²) in [4.78, 5) is 27.0. The molecule has 0 aliphatic carbocycles. The number of hydrogen-bond donors (Lipinski definition) is 1. The molecule has 0 saturated heterocycles. The summed E-state index contributed by atoms with van der Waals surface area (Å²) >= 11 is 0. The summed E-state index contributed by atoms with van der Waals surface area (Å²) in [6.07, 6.45) is -0.692. The van der Waals surface area contributed by atoms with Crippen molar-refractivity contribution >= 4 is 12.0 Å². The molecule has 0 spiro atoms. The number of amides is 2. The number of carbonyl (C=O) groups excluding carboxylic acids is 2. The van der Waals surface area contributed by atoms with E-state index in [1.807, 2.05) is 27.7 Å². The predicted octanol–water partition coefficient (Wildman–Crippen LogP) is 4.04. The smallest absolute Gasteiger partial charge is 0.408 e. The minimum absolute atomic E-state index is 0.0455. The Bertz CT molecular complexity index is 584. The molecule has 25 heavy (non-hydrogen) atoms. The highest BCUT2D eigenvalue weighted by Gasteiger charge is 2.31. The van der Waals surface area contributed by atoms with Crippen LogP contribution >= 0.6 is 0 Å². The van der Waals surface area contributed by atoms with Crippen molar-refractivity contribution < 1.29 is 18.7 Å². The molecule has 0 fully saturated rings. The summed E-state index contributed by atoms with van der Waals surface area (Å²) in [5.41, 5.74) is -0.181. The maximum Gasteiger partial charge on any atom is 0.408 e. The molecule has 0 aliphatic rings. The Morgan fingerprint density at radius 3 is 1.92 bits per heavy atom. The molecular formula is C19H29FN2O3. The minimum atomic E-state index is -0.944. The second-order valence-corrected chi connectivity index (χ2v) is 7.56. The zero-order chi connectivity index (χ0) is 19.4. The first kappa shape index (κ1) is 20.9. The number of halogens is 1. The van der Waals surface area contributed by atoms with Crippen molar-refractivity contribution in [1.82, 2.24) is 10.2 Å². The highest BCUT2D eigenvalue weighted by Crippen LogP contribution is 2.21. The molecule has 140 valence electrons. The van der Waals surface area contributed by atoms with Crippen molar-refractivity contribution in [3.63, 3.8) is 0 Å². The number of carbonyl (C=O) groups is 2. The summed E-state index contributed by atoms with van der Waals surface area (Å²) < 4.78 is 18.5. The highest BCUT2D eigenvalue weighted by atomic mass is 19.1. The average Bonchev–Trinajstić information content (AvgIpc) is 2.43. The summed E-state index contributed by atoms with van der Waals surface area (Å²) in [6, 6.07) is 4.48. The van der Waals surface area contributed by atoms with E-state index in [4.69, 9.17) is 4.74 Å². The van der Waals surface area contributed by atoms with Crippen molar-refractivity contribution in [3.05, 3.63) is 35.6 Å². The van der Waals surface area contributed by atoms with Gasteiger partial charge in [0.15, 0.2) is 0 Å². The van der Waals surface area contributed by atoms with Crippen LogP contribution < -0.4 is 5.32 Å². The lowest BCUT2D eigenvalue weighted by Crippen LogP contribution is -2.49. The second kappa shape index (κ2) is 8.32. The average molecular weight is 352 g/mol. The monoisotopic (exact) mass is 352 g/mol. The first-order valence-electron chi connectivity index (χ1n) is 8.49. The molecule has 0 aliphatic heterocycles. The van der Waals surface area contributed by atoms with Gasteiger partial charge in [0.2, 0.25) is 5.91 Å². The minimum Gasteiger partial charge on any atom is -0.444 e. The lowest BCUT2D eigenvalue weighted by molar-refractivity contribution is -0.137. The molecule has 5 nitrogen and oxygen atoms in total.